The van der Waals surface area contributed by atoms with Crippen molar-refractivity contribution in [1.82, 2.24) is 24.5 Å². The van der Waals surface area contributed by atoms with Crippen LogP contribution in [0.4, 0.5) is 9.18 Å². The summed E-state index contributed by atoms with van der Waals surface area (Å²) in [6, 6.07) is 12.4. The number of carbonyl (C=O) groups excluding carboxylic acids is 1. The highest BCUT2D eigenvalue weighted by Crippen LogP contribution is 2.35. The molecule has 0 spiro atoms. The summed E-state index contributed by atoms with van der Waals surface area (Å²) >= 11 is 7.80. The lowest BCUT2D eigenvalue weighted by atomic mass is 10.1. The summed E-state index contributed by atoms with van der Waals surface area (Å²) in [5.41, 5.74) is 3.87. The summed E-state index contributed by atoms with van der Waals surface area (Å²) in [7, 11) is 0. The summed E-state index contributed by atoms with van der Waals surface area (Å²) in [6.45, 7) is 6.16. The van der Waals surface area contributed by atoms with Crippen LogP contribution in [0.3, 0.4) is 0 Å². The third kappa shape index (κ3) is 3.94. The number of piperazine rings is 1. The van der Waals surface area contributed by atoms with Crippen molar-refractivity contribution in [3.63, 3.8) is 0 Å². The molecule has 1 aliphatic heterocycles. The number of carbonyl (C=O) groups is 1. The smallest absolute Gasteiger partial charge is 0.317 e. The predicted molar refractivity (Wildman–Crippen MR) is 127 cm³/mol. The van der Waals surface area contributed by atoms with Crippen LogP contribution in [0.1, 0.15) is 12.6 Å². The van der Waals surface area contributed by atoms with Gasteiger partial charge in [0.05, 0.1) is 21.6 Å². The number of fused-ring (bicyclic) bond motifs is 3. The van der Waals surface area contributed by atoms with Crippen molar-refractivity contribution in [2.45, 2.75) is 13.5 Å². The van der Waals surface area contributed by atoms with E-state index in [4.69, 9.17) is 16.6 Å². The number of hydrogen-bond acceptors (Lipinski definition) is 4. The molecule has 1 N–H and O–H groups in total. The van der Waals surface area contributed by atoms with Gasteiger partial charge in [-0.2, -0.15) is 0 Å². The Balaban J connectivity index is 1.51. The molecule has 0 atom stereocenters. The van der Waals surface area contributed by atoms with Crippen molar-refractivity contribution in [3.8, 4) is 11.3 Å². The molecule has 4 aromatic rings. The molecule has 5 rings (SSSR count). The fraction of sp³-hybridized carbons (Fsp3) is 0.304. The zero-order valence-corrected chi connectivity index (χ0v) is 19.2. The van der Waals surface area contributed by atoms with E-state index in [9.17, 15) is 9.18 Å². The first-order chi connectivity index (χ1) is 15.5. The van der Waals surface area contributed by atoms with Gasteiger partial charge in [0.2, 0.25) is 0 Å². The number of urea groups is 1. The van der Waals surface area contributed by atoms with E-state index < -0.39 is 0 Å². The van der Waals surface area contributed by atoms with Crippen LogP contribution >= 0.6 is 22.9 Å². The number of hydrogen-bond donors (Lipinski definition) is 1. The third-order valence-electron chi connectivity index (χ3n) is 5.78. The zero-order valence-electron chi connectivity index (χ0n) is 17.6. The standard InChI is InChI=1S/C23H23ClFN5OS/c1-2-26-22(31)29-11-9-28(10-12-29)14-19-21(15-3-6-17(25)7-4-15)27-23-30(19)18-8-5-16(24)13-20(18)32-23/h3-8,13H,2,9-12,14H2,1H3,(H,26,31). The van der Waals surface area contributed by atoms with Crippen LogP contribution in [0.2, 0.25) is 5.02 Å². The maximum atomic E-state index is 13.5. The molecule has 3 heterocycles. The van der Waals surface area contributed by atoms with Gasteiger partial charge < -0.3 is 10.2 Å². The molecule has 2 amide bonds. The maximum absolute atomic E-state index is 13.5. The molecule has 6 nitrogen and oxygen atoms in total. The fourth-order valence-electron chi connectivity index (χ4n) is 4.17. The molecular weight excluding hydrogens is 449 g/mol. The molecule has 1 saturated heterocycles. The fourth-order valence-corrected chi connectivity index (χ4v) is 5.49. The van der Waals surface area contributed by atoms with Gasteiger partial charge in [-0.1, -0.05) is 22.9 Å². The Bertz CT molecular complexity index is 1280. The Hall–Kier alpha value is -2.68. The monoisotopic (exact) mass is 471 g/mol. The van der Waals surface area contributed by atoms with Crippen molar-refractivity contribution in [2.75, 3.05) is 32.7 Å². The van der Waals surface area contributed by atoms with E-state index in [1.807, 2.05) is 30.0 Å². The minimum Gasteiger partial charge on any atom is -0.338 e. The lowest BCUT2D eigenvalue weighted by Gasteiger charge is -2.34. The molecule has 166 valence electrons. The minimum atomic E-state index is -0.266. The van der Waals surface area contributed by atoms with Crippen LogP contribution in [0, 0.1) is 5.82 Å². The van der Waals surface area contributed by atoms with Gasteiger partial charge in [-0.3, -0.25) is 9.30 Å². The van der Waals surface area contributed by atoms with E-state index in [2.05, 4.69) is 14.6 Å². The summed E-state index contributed by atoms with van der Waals surface area (Å²) in [5, 5.41) is 3.57. The van der Waals surface area contributed by atoms with E-state index in [1.165, 1.54) is 12.1 Å². The number of rotatable bonds is 4. The summed E-state index contributed by atoms with van der Waals surface area (Å²) in [6.07, 6.45) is 0. The average molecular weight is 472 g/mol. The topological polar surface area (TPSA) is 52.9 Å². The number of aromatic nitrogens is 2. The number of thiazole rings is 1. The van der Waals surface area contributed by atoms with Crippen LogP contribution in [0.25, 0.3) is 26.4 Å². The van der Waals surface area contributed by atoms with Crippen LogP contribution in [-0.4, -0.2) is 57.9 Å². The molecule has 0 radical (unpaired) electrons. The summed E-state index contributed by atoms with van der Waals surface area (Å²) in [4.78, 5) is 22.2. The van der Waals surface area contributed by atoms with E-state index in [0.717, 1.165) is 45.2 Å². The lowest BCUT2D eigenvalue weighted by molar-refractivity contribution is 0.135. The van der Waals surface area contributed by atoms with Crippen LogP contribution in [0.5, 0.6) is 0 Å². The first-order valence-corrected chi connectivity index (χ1v) is 11.8. The van der Waals surface area contributed by atoms with Crippen LogP contribution in [0.15, 0.2) is 42.5 Å². The number of benzene rings is 2. The Morgan fingerprint density at radius 1 is 1.16 bits per heavy atom. The second kappa shape index (κ2) is 8.69. The molecular formula is C23H23ClFN5OS. The lowest BCUT2D eigenvalue weighted by Crippen LogP contribution is -2.51. The van der Waals surface area contributed by atoms with Gasteiger partial charge in [0, 0.05) is 49.9 Å². The maximum Gasteiger partial charge on any atom is 0.317 e. The normalized spacial score (nSPS) is 15.0. The largest absolute Gasteiger partial charge is 0.338 e. The Labute approximate surface area is 194 Å². The quantitative estimate of drug-likeness (QED) is 0.462. The molecule has 1 aliphatic rings. The molecule has 0 bridgehead atoms. The van der Waals surface area contributed by atoms with Crippen LogP contribution < -0.4 is 5.32 Å². The van der Waals surface area contributed by atoms with Gasteiger partial charge >= 0.3 is 6.03 Å². The van der Waals surface area contributed by atoms with Gasteiger partial charge in [0.15, 0.2) is 4.96 Å². The van der Waals surface area contributed by atoms with Gasteiger partial charge in [-0.15, -0.1) is 0 Å². The van der Waals surface area contributed by atoms with Gasteiger partial charge in [-0.05, 0) is 49.4 Å². The second-order valence-corrected chi connectivity index (χ2v) is 9.29. The van der Waals surface area contributed by atoms with Crippen LogP contribution in [-0.2, 0) is 6.54 Å². The first kappa shape index (κ1) is 21.2. The predicted octanol–water partition coefficient (Wildman–Crippen LogP) is 4.86. The second-order valence-electron chi connectivity index (χ2n) is 7.84. The highest BCUT2D eigenvalue weighted by Gasteiger charge is 2.25. The van der Waals surface area contributed by atoms with E-state index in [1.54, 1.807) is 23.5 Å². The van der Waals surface area contributed by atoms with Gasteiger partial charge in [0.1, 0.15) is 5.82 Å². The van der Waals surface area contributed by atoms with E-state index in [0.29, 0.717) is 31.2 Å². The number of nitrogens with zero attached hydrogens (tertiary/aromatic N) is 4. The molecule has 2 aromatic heterocycles. The summed E-state index contributed by atoms with van der Waals surface area (Å²) < 4.78 is 16.8. The van der Waals surface area contributed by atoms with Gasteiger partial charge in [0.25, 0.3) is 0 Å². The van der Waals surface area contributed by atoms with Crippen molar-refractivity contribution in [3.05, 3.63) is 59.0 Å². The number of halogens is 2. The van der Waals surface area contributed by atoms with Gasteiger partial charge in [-0.25, -0.2) is 14.2 Å². The van der Waals surface area contributed by atoms with E-state index in [-0.39, 0.29) is 11.8 Å². The Morgan fingerprint density at radius 3 is 2.62 bits per heavy atom. The Kier molecular flexibility index (Phi) is 5.75. The molecule has 0 unspecified atom stereocenters. The molecule has 1 fully saturated rings. The van der Waals surface area contributed by atoms with Crippen molar-refractivity contribution in [1.29, 1.82) is 0 Å². The number of nitrogens with one attached hydrogen (secondary N) is 1. The minimum absolute atomic E-state index is 0.00778. The van der Waals surface area contributed by atoms with E-state index >= 15 is 0 Å². The summed E-state index contributed by atoms with van der Waals surface area (Å²) in [5.74, 6) is -0.266. The first-order valence-electron chi connectivity index (χ1n) is 10.6. The molecule has 0 aliphatic carbocycles. The average Bonchev–Trinajstić information content (AvgIpc) is 3.31. The van der Waals surface area contributed by atoms with Crippen molar-refractivity contribution < 1.29 is 9.18 Å². The molecule has 32 heavy (non-hydrogen) atoms. The van der Waals surface area contributed by atoms with Crippen molar-refractivity contribution in [2.24, 2.45) is 0 Å². The number of amides is 2. The molecule has 9 heteroatoms. The Morgan fingerprint density at radius 2 is 1.91 bits per heavy atom. The SMILES string of the molecule is CCNC(=O)N1CCN(Cc2c(-c3ccc(F)cc3)nc3sc4cc(Cl)ccc4n23)CC1. The van der Waals surface area contributed by atoms with Crippen molar-refractivity contribution >= 4 is 44.1 Å². The number of imidazole rings is 1. The molecule has 2 aromatic carbocycles. The third-order valence-corrected chi connectivity index (χ3v) is 7.02. The highest BCUT2D eigenvalue weighted by atomic mass is 35.5. The highest BCUT2D eigenvalue weighted by molar-refractivity contribution is 7.23. The molecule has 0 saturated carbocycles. The zero-order chi connectivity index (χ0) is 22.2.